The van der Waals surface area contributed by atoms with Crippen molar-refractivity contribution in [3.8, 4) is 0 Å². The van der Waals surface area contributed by atoms with Crippen molar-refractivity contribution in [2.45, 2.75) is 6.10 Å². The molecule has 0 radical (unpaired) electrons. The van der Waals surface area contributed by atoms with Crippen molar-refractivity contribution in [1.29, 1.82) is 0 Å². The summed E-state index contributed by atoms with van der Waals surface area (Å²) in [6.07, 6.45) is 0.0210. The number of hydrogen-bond donors (Lipinski definition) is 2. The minimum absolute atomic E-state index is 0.0210. The predicted octanol–water partition coefficient (Wildman–Crippen LogP) is 1.28. The van der Waals surface area contributed by atoms with Crippen LogP contribution in [0.3, 0.4) is 0 Å². The number of rotatable bonds is 5. The molecule has 0 aliphatic carbocycles. The lowest BCUT2D eigenvalue weighted by Crippen LogP contribution is -2.40. The van der Waals surface area contributed by atoms with Crippen molar-refractivity contribution in [2.24, 2.45) is 0 Å². The summed E-state index contributed by atoms with van der Waals surface area (Å²) in [7, 11) is 0. The summed E-state index contributed by atoms with van der Waals surface area (Å²) in [5.74, 6) is -0.112. The number of nitrogens with one attached hydrogen (secondary N) is 2. The highest BCUT2D eigenvalue weighted by molar-refractivity contribution is 6.30. The van der Waals surface area contributed by atoms with Gasteiger partial charge in [-0.3, -0.25) is 4.79 Å². The van der Waals surface area contributed by atoms with Gasteiger partial charge in [0, 0.05) is 17.3 Å². The molecule has 1 aliphatic rings. The number of anilines is 1. The van der Waals surface area contributed by atoms with Gasteiger partial charge in [0.05, 0.1) is 32.5 Å². The summed E-state index contributed by atoms with van der Waals surface area (Å²) in [6.45, 7) is 2.66. The molecule has 19 heavy (non-hydrogen) atoms. The first-order chi connectivity index (χ1) is 9.24. The van der Waals surface area contributed by atoms with E-state index in [9.17, 15) is 4.79 Å². The zero-order valence-electron chi connectivity index (χ0n) is 10.5. The third-order valence-electron chi connectivity index (χ3n) is 2.65. The Balaban J connectivity index is 1.67. The molecule has 1 amide bonds. The van der Waals surface area contributed by atoms with E-state index in [0.29, 0.717) is 37.1 Å². The van der Waals surface area contributed by atoms with E-state index in [1.165, 1.54) is 0 Å². The highest BCUT2D eigenvalue weighted by Crippen LogP contribution is 2.14. The summed E-state index contributed by atoms with van der Waals surface area (Å²) < 4.78 is 10.7. The molecule has 2 rings (SSSR count). The first-order valence-electron chi connectivity index (χ1n) is 6.19. The second-order valence-electron chi connectivity index (χ2n) is 4.26. The molecule has 1 aromatic rings. The molecule has 1 aliphatic heterocycles. The van der Waals surface area contributed by atoms with Gasteiger partial charge in [0.25, 0.3) is 0 Å². The molecule has 0 saturated carbocycles. The van der Waals surface area contributed by atoms with Crippen LogP contribution in [0, 0.1) is 0 Å². The molecule has 1 aromatic carbocycles. The Labute approximate surface area is 117 Å². The average Bonchev–Trinajstić information content (AvgIpc) is 2.40. The summed E-state index contributed by atoms with van der Waals surface area (Å²) in [5, 5.41) is 6.40. The molecule has 1 unspecified atom stereocenters. The molecule has 6 heteroatoms. The maximum Gasteiger partial charge on any atom is 0.238 e. The van der Waals surface area contributed by atoms with E-state index in [0.717, 1.165) is 0 Å². The first-order valence-corrected chi connectivity index (χ1v) is 6.57. The SMILES string of the molecule is O=C(CNCC1COCCO1)Nc1cccc(Cl)c1. The van der Waals surface area contributed by atoms with E-state index in [1.807, 2.05) is 0 Å². The van der Waals surface area contributed by atoms with Gasteiger partial charge in [0.15, 0.2) is 0 Å². The van der Waals surface area contributed by atoms with E-state index >= 15 is 0 Å². The lowest BCUT2D eigenvalue weighted by Gasteiger charge is -2.23. The van der Waals surface area contributed by atoms with Crippen molar-refractivity contribution in [1.82, 2.24) is 5.32 Å². The van der Waals surface area contributed by atoms with Crippen LogP contribution in [-0.4, -0.2) is 44.9 Å². The third kappa shape index (κ3) is 5.16. The Bertz CT molecular complexity index is 422. The monoisotopic (exact) mass is 284 g/mol. The molecule has 5 nitrogen and oxygen atoms in total. The van der Waals surface area contributed by atoms with Gasteiger partial charge in [-0.05, 0) is 18.2 Å². The van der Waals surface area contributed by atoms with Crippen molar-refractivity contribution in [3.63, 3.8) is 0 Å². The van der Waals surface area contributed by atoms with E-state index in [1.54, 1.807) is 24.3 Å². The summed E-state index contributed by atoms with van der Waals surface area (Å²) >= 11 is 5.84. The smallest absolute Gasteiger partial charge is 0.238 e. The highest BCUT2D eigenvalue weighted by Gasteiger charge is 2.14. The van der Waals surface area contributed by atoms with E-state index in [2.05, 4.69) is 10.6 Å². The molecular weight excluding hydrogens is 268 g/mol. The normalized spacial score (nSPS) is 19.1. The molecular formula is C13H17ClN2O3. The Morgan fingerprint density at radius 1 is 1.42 bits per heavy atom. The van der Waals surface area contributed by atoms with Gasteiger partial charge < -0.3 is 20.1 Å². The zero-order valence-corrected chi connectivity index (χ0v) is 11.3. The van der Waals surface area contributed by atoms with Crippen LogP contribution in [0.1, 0.15) is 0 Å². The highest BCUT2D eigenvalue weighted by atomic mass is 35.5. The molecule has 1 fully saturated rings. The molecule has 2 N–H and O–H groups in total. The van der Waals surface area contributed by atoms with Gasteiger partial charge in [-0.2, -0.15) is 0 Å². The van der Waals surface area contributed by atoms with Crippen molar-refractivity contribution in [3.05, 3.63) is 29.3 Å². The minimum Gasteiger partial charge on any atom is -0.376 e. The van der Waals surface area contributed by atoms with Gasteiger partial charge in [-0.25, -0.2) is 0 Å². The van der Waals surface area contributed by atoms with Gasteiger partial charge >= 0.3 is 0 Å². The topological polar surface area (TPSA) is 59.6 Å². The molecule has 0 aromatic heterocycles. The number of carbonyl (C=O) groups is 1. The van der Waals surface area contributed by atoms with Gasteiger partial charge in [0.1, 0.15) is 0 Å². The van der Waals surface area contributed by atoms with Gasteiger partial charge in [-0.1, -0.05) is 17.7 Å². The quantitative estimate of drug-likeness (QED) is 0.855. The maximum absolute atomic E-state index is 11.7. The first kappa shape index (κ1) is 14.3. The van der Waals surface area contributed by atoms with Crippen LogP contribution in [0.25, 0.3) is 0 Å². The summed E-state index contributed by atoms with van der Waals surface area (Å²) in [4.78, 5) is 11.7. The van der Waals surface area contributed by atoms with Crippen LogP contribution in [0.15, 0.2) is 24.3 Å². The summed E-state index contributed by atoms with van der Waals surface area (Å²) in [6, 6.07) is 7.05. The van der Waals surface area contributed by atoms with Crippen LogP contribution in [0.5, 0.6) is 0 Å². The second kappa shape index (κ2) is 7.45. The summed E-state index contributed by atoms with van der Waals surface area (Å²) in [5.41, 5.74) is 0.691. The Hall–Kier alpha value is -1.14. The Morgan fingerprint density at radius 3 is 3.05 bits per heavy atom. The standard InChI is InChI=1S/C13H17ClN2O3/c14-10-2-1-3-11(6-10)16-13(17)8-15-7-12-9-18-4-5-19-12/h1-3,6,12,15H,4-5,7-9H2,(H,16,17). The van der Waals surface area contributed by atoms with Crippen molar-refractivity contribution >= 4 is 23.2 Å². The predicted molar refractivity (Wildman–Crippen MR) is 73.5 cm³/mol. The van der Waals surface area contributed by atoms with Gasteiger partial charge in [0.2, 0.25) is 5.91 Å². The fourth-order valence-electron chi connectivity index (χ4n) is 1.77. The third-order valence-corrected chi connectivity index (χ3v) is 2.89. The maximum atomic E-state index is 11.7. The van der Waals surface area contributed by atoms with Crippen LogP contribution in [0.2, 0.25) is 5.02 Å². The molecule has 0 bridgehead atoms. The number of benzene rings is 1. The number of hydrogen-bond acceptors (Lipinski definition) is 4. The average molecular weight is 285 g/mol. The van der Waals surface area contributed by atoms with Crippen molar-refractivity contribution in [2.75, 3.05) is 38.2 Å². The van der Waals surface area contributed by atoms with Gasteiger partial charge in [-0.15, -0.1) is 0 Å². The van der Waals surface area contributed by atoms with E-state index in [-0.39, 0.29) is 18.6 Å². The lowest BCUT2D eigenvalue weighted by molar-refractivity contribution is -0.116. The molecule has 0 spiro atoms. The fourth-order valence-corrected chi connectivity index (χ4v) is 1.96. The molecule has 1 heterocycles. The van der Waals surface area contributed by atoms with Crippen LogP contribution in [0.4, 0.5) is 5.69 Å². The number of halogens is 1. The van der Waals surface area contributed by atoms with Crippen LogP contribution >= 0.6 is 11.6 Å². The molecule has 1 atom stereocenters. The number of amides is 1. The van der Waals surface area contributed by atoms with E-state index < -0.39 is 0 Å². The molecule has 104 valence electrons. The Morgan fingerprint density at radius 2 is 2.32 bits per heavy atom. The molecule has 1 saturated heterocycles. The number of ether oxygens (including phenoxy) is 2. The fraction of sp³-hybridized carbons (Fsp3) is 0.462. The number of carbonyl (C=O) groups excluding carboxylic acids is 1. The van der Waals surface area contributed by atoms with Crippen LogP contribution < -0.4 is 10.6 Å². The van der Waals surface area contributed by atoms with Crippen LogP contribution in [-0.2, 0) is 14.3 Å². The van der Waals surface area contributed by atoms with Crippen molar-refractivity contribution < 1.29 is 14.3 Å². The minimum atomic E-state index is -0.112. The Kier molecular flexibility index (Phi) is 5.60. The largest absolute Gasteiger partial charge is 0.376 e. The second-order valence-corrected chi connectivity index (χ2v) is 4.69. The lowest BCUT2D eigenvalue weighted by atomic mass is 10.3. The zero-order chi connectivity index (χ0) is 13.5. The van der Waals surface area contributed by atoms with E-state index in [4.69, 9.17) is 21.1 Å².